The Balaban J connectivity index is 1.55. The SMILES string of the molecule is CCc1nc2ccccc2n1CCCCNc1ccccc1. The standard InChI is InChI=1S/C19H23N3/c1-2-19-21-17-12-6-7-13-18(17)22(19)15-9-8-14-20-16-10-4-3-5-11-16/h3-7,10-13,20H,2,8-9,14-15H2,1H3. The molecule has 1 heterocycles. The van der Waals surface area contributed by atoms with E-state index < -0.39 is 0 Å². The second kappa shape index (κ2) is 7.12. The third-order valence-corrected chi connectivity index (χ3v) is 3.96. The molecular formula is C19H23N3. The molecule has 22 heavy (non-hydrogen) atoms. The van der Waals surface area contributed by atoms with Crippen molar-refractivity contribution in [2.24, 2.45) is 0 Å². The van der Waals surface area contributed by atoms with E-state index in [1.54, 1.807) is 0 Å². The summed E-state index contributed by atoms with van der Waals surface area (Å²) >= 11 is 0. The third kappa shape index (κ3) is 3.30. The van der Waals surface area contributed by atoms with Gasteiger partial charge < -0.3 is 9.88 Å². The lowest BCUT2D eigenvalue weighted by molar-refractivity contribution is 0.611. The van der Waals surface area contributed by atoms with Crippen LogP contribution in [0.2, 0.25) is 0 Å². The van der Waals surface area contributed by atoms with E-state index in [9.17, 15) is 0 Å². The maximum atomic E-state index is 4.72. The summed E-state index contributed by atoms with van der Waals surface area (Å²) < 4.78 is 2.37. The predicted molar refractivity (Wildman–Crippen MR) is 93.3 cm³/mol. The number of para-hydroxylation sites is 3. The van der Waals surface area contributed by atoms with Crippen molar-refractivity contribution < 1.29 is 0 Å². The largest absolute Gasteiger partial charge is 0.385 e. The molecule has 0 aliphatic carbocycles. The van der Waals surface area contributed by atoms with E-state index in [-0.39, 0.29) is 0 Å². The predicted octanol–water partition coefficient (Wildman–Crippen LogP) is 4.49. The number of aromatic nitrogens is 2. The molecule has 0 aliphatic rings. The highest BCUT2D eigenvalue weighted by atomic mass is 15.1. The van der Waals surface area contributed by atoms with Crippen LogP contribution < -0.4 is 5.32 Å². The summed E-state index contributed by atoms with van der Waals surface area (Å²) in [5.74, 6) is 1.19. The average Bonchev–Trinajstić information content (AvgIpc) is 2.93. The first-order valence-corrected chi connectivity index (χ1v) is 8.11. The lowest BCUT2D eigenvalue weighted by Gasteiger charge is -2.09. The van der Waals surface area contributed by atoms with Gasteiger partial charge in [-0.05, 0) is 37.1 Å². The molecule has 2 aromatic carbocycles. The monoisotopic (exact) mass is 293 g/mol. The van der Waals surface area contributed by atoms with Gasteiger partial charge in [0.2, 0.25) is 0 Å². The van der Waals surface area contributed by atoms with Crippen molar-refractivity contribution in [3.8, 4) is 0 Å². The molecule has 1 aromatic heterocycles. The van der Waals surface area contributed by atoms with Crippen LogP contribution in [-0.2, 0) is 13.0 Å². The Hall–Kier alpha value is -2.29. The molecule has 0 unspecified atom stereocenters. The van der Waals surface area contributed by atoms with Crippen molar-refractivity contribution in [2.75, 3.05) is 11.9 Å². The van der Waals surface area contributed by atoms with Crippen molar-refractivity contribution in [1.82, 2.24) is 9.55 Å². The first kappa shape index (κ1) is 14.6. The summed E-state index contributed by atoms with van der Waals surface area (Å²) in [6.07, 6.45) is 3.30. The number of nitrogens with one attached hydrogen (secondary N) is 1. The highest BCUT2D eigenvalue weighted by molar-refractivity contribution is 5.75. The maximum absolute atomic E-state index is 4.72. The van der Waals surface area contributed by atoms with Gasteiger partial charge in [0.15, 0.2) is 0 Å². The van der Waals surface area contributed by atoms with Crippen LogP contribution in [0.15, 0.2) is 54.6 Å². The van der Waals surface area contributed by atoms with Crippen LogP contribution in [0, 0.1) is 0 Å². The average molecular weight is 293 g/mol. The fourth-order valence-corrected chi connectivity index (χ4v) is 2.83. The molecule has 0 atom stereocenters. The van der Waals surface area contributed by atoms with Crippen molar-refractivity contribution in [2.45, 2.75) is 32.7 Å². The van der Waals surface area contributed by atoms with Gasteiger partial charge in [0.05, 0.1) is 11.0 Å². The van der Waals surface area contributed by atoms with Crippen LogP contribution in [0.3, 0.4) is 0 Å². The Labute approximate surface area is 132 Å². The molecule has 1 N–H and O–H groups in total. The number of hydrogen-bond donors (Lipinski definition) is 1. The van der Waals surface area contributed by atoms with Gasteiger partial charge in [-0.1, -0.05) is 37.3 Å². The smallest absolute Gasteiger partial charge is 0.109 e. The lowest BCUT2D eigenvalue weighted by Crippen LogP contribution is -2.06. The first-order chi connectivity index (χ1) is 10.9. The Kier molecular flexibility index (Phi) is 4.74. The zero-order valence-electron chi connectivity index (χ0n) is 13.1. The molecule has 3 nitrogen and oxygen atoms in total. The molecule has 3 heteroatoms. The van der Waals surface area contributed by atoms with Crippen molar-refractivity contribution in [3.63, 3.8) is 0 Å². The molecule has 0 fully saturated rings. The van der Waals surface area contributed by atoms with Crippen LogP contribution in [-0.4, -0.2) is 16.1 Å². The van der Waals surface area contributed by atoms with Gasteiger partial charge in [0, 0.05) is 25.2 Å². The topological polar surface area (TPSA) is 29.9 Å². The molecule has 0 saturated heterocycles. The van der Waals surface area contributed by atoms with Gasteiger partial charge in [-0.2, -0.15) is 0 Å². The van der Waals surface area contributed by atoms with Crippen molar-refractivity contribution in [1.29, 1.82) is 0 Å². The molecule has 0 bridgehead atoms. The van der Waals surface area contributed by atoms with E-state index in [4.69, 9.17) is 4.98 Å². The van der Waals surface area contributed by atoms with Crippen LogP contribution in [0.4, 0.5) is 5.69 Å². The number of aryl methyl sites for hydroxylation is 2. The van der Waals surface area contributed by atoms with Gasteiger partial charge in [0.25, 0.3) is 0 Å². The van der Waals surface area contributed by atoms with Crippen LogP contribution in [0.1, 0.15) is 25.6 Å². The lowest BCUT2D eigenvalue weighted by atomic mass is 10.2. The molecule has 3 aromatic rings. The Bertz CT molecular complexity index is 716. The number of imidazole rings is 1. The molecule has 3 rings (SSSR count). The highest BCUT2D eigenvalue weighted by Crippen LogP contribution is 2.17. The van der Waals surface area contributed by atoms with E-state index in [1.165, 1.54) is 17.0 Å². The minimum absolute atomic E-state index is 0.983. The number of nitrogens with zero attached hydrogens (tertiary/aromatic N) is 2. The second-order valence-corrected chi connectivity index (χ2v) is 5.52. The second-order valence-electron chi connectivity index (χ2n) is 5.52. The van der Waals surface area contributed by atoms with Crippen LogP contribution in [0.5, 0.6) is 0 Å². The van der Waals surface area contributed by atoms with E-state index >= 15 is 0 Å². The minimum atomic E-state index is 0.983. The van der Waals surface area contributed by atoms with Crippen LogP contribution in [0.25, 0.3) is 11.0 Å². The van der Waals surface area contributed by atoms with E-state index in [0.717, 1.165) is 37.9 Å². The van der Waals surface area contributed by atoms with Gasteiger partial charge >= 0.3 is 0 Å². The van der Waals surface area contributed by atoms with Gasteiger partial charge in [-0.3, -0.25) is 0 Å². The van der Waals surface area contributed by atoms with E-state index in [2.05, 4.69) is 65.3 Å². The summed E-state index contributed by atoms with van der Waals surface area (Å²) in [7, 11) is 0. The van der Waals surface area contributed by atoms with Crippen molar-refractivity contribution >= 4 is 16.7 Å². The quantitative estimate of drug-likeness (QED) is 0.650. The molecule has 0 saturated carbocycles. The summed E-state index contributed by atoms with van der Waals surface area (Å²) in [5.41, 5.74) is 3.57. The zero-order valence-corrected chi connectivity index (χ0v) is 13.1. The Morgan fingerprint density at radius 1 is 0.955 bits per heavy atom. The number of anilines is 1. The number of hydrogen-bond acceptors (Lipinski definition) is 2. The number of benzene rings is 2. The zero-order chi connectivity index (χ0) is 15.2. The minimum Gasteiger partial charge on any atom is -0.385 e. The first-order valence-electron chi connectivity index (χ1n) is 8.11. The molecule has 0 radical (unpaired) electrons. The summed E-state index contributed by atoms with van der Waals surface area (Å²) in [6.45, 7) is 4.23. The molecule has 114 valence electrons. The third-order valence-electron chi connectivity index (χ3n) is 3.96. The molecule has 0 amide bonds. The van der Waals surface area contributed by atoms with E-state index in [1.807, 2.05) is 6.07 Å². The fourth-order valence-electron chi connectivity index (χ4n) is 2.83. The summed E-state index contributed by atoms with van der Waals surface area (Å²) in [4.78, 5) is 4.72. The van der Waals surface area contributed by atoms with E-state index in [0.29, 0.717) is 0 Å². The molecule has 0 spiro atoms. The maximum Gasteiger partial charge on any atom is 0.109 e. The van der Waals surface area contributed by atoms with Gasteiger partial charge in [0.1, 0.15) is 5.82 Å². The fraction of sp³-hybridized carbons (Fsp3) is 0.316. The van der Waals surface area contributed by atoms with Gasteiger partial charge in [-0.25, -0.2) is 4.98 Å². The van der Waals surface area contributed by atoms with Crippen molar-refractivity contribution in [3.05, 3.63) is 60.4 Å². The normalized spacial score (nSPS) is 11.0. The summed E-state index contributed by atoms with van der Waals surface area (Å²) in [5, 5.41) is 3.47. The number of fused-ring (bicyclic) bond motifs is 1. The highest BCUT2D eigenvalue weighted by Gasteiger charge is 2.07. The Morgan fingerprint density at radius 3 is 2.55 bits per heavy atom. The van der Waals surface area contributed by atoms with Crippen LogP contribution >= 0.6 is 0 Å². The van der Waals surface area contributed by atoms with Gasteiger partial charge in [-0.15, -0.1) is 0 Å². The number of rotatable bonds is 7. The molecular weight excluding hydrogens is 270 g/mol. The Morgan fingerprint density at radius 2 is 1.73 bits per heavy atom. The number of unbranched alkanes of at least 4 members (excludes halogenated alkanes) is 1. The summed E-state index contributed by atoms with van der Waals surface area (Å²) in [6, 6.07) is 18.8. The molecule has 0 aliphatic heterocycles.